The number of rotatable bonds is 3. The van der Waals surface area contributed by atoms with Gasteiger partial charge in [0.15, 0.2) is 0 Å². The molecule has 3 rings (SSSR count). The Hall–Kier alpha value is -2.75. The van der Waals surface area contributed by atoms with Crippen molar-refractivity contribution in [3.8, 4) is 0 Å². The molecule has 0 spiro atoms. The summed E-state index contributed by atoms with van der Waals surface area (Å²) >= 11 is 0. The summed E-state index contributed by atoms with van der Waals surface area (Å²) in [5, 5.41) is 2.69. The Labute approximate surface area is 115 Å². The second-order valence-electron chi connectivity index (χ2n) is 4.62. The molecule has 0 unspecified atom stereocenters. The van der Waals surface area contributed by atoms with E-state index in [9.17, 15) is 14.4 Å². The topological polar surface area (TPSA) is 63.2 Å². The fourth-order valence-electron chi connectivity index (χ4n) is 2.22. The lowest BCUT2D eigenvalue weighted by Crippen LogP contribution is -2.14. The summed E-state index contributed by atoms with van der Waals surface area (Å²) in [6.07, 6.45) is 0.246. The highest BCUT2D eigenvalue weighted by Gasteiger charge is 2.22. The van der Waals surface area contributed by atoms with Gasteiger partial charge in [-0.1, -0.05) is 30.3 Å². The number of benzene rings is 2. The Bertz CT molecular complexity index is 720. The van der Waals surface area contributed by atoms with Crippen molar-refractivity contribution in [2.75, 3.05) is 5.32 Å². The van der Waals surface area contributed by atoms with Crippen molar-refractivity contribution in [2.24, 2.45) is 0 Å². The third-order valence-corrected chi connectivity index (χ3v) is 3.23. The van der Waals surface area contributed by atoms with Crippen LogP contribution in [0.4, 0.5) is 5.69 Å². The fourth-order valence-corrected chi connectivity index (χ4v) is 2.22. The molecule has 4 heteroatoms. The summed E-state index contributed by atoms with van der Waals surface area (Å²) < 4.78 is 0. The van der Waals surface area contributed by atoms with E-state index in [1.165, 1.54) is 0 Å². The molecule has 98 valence electrons. The van der Waals surface area contributed by atoms with Gasteiger partial charge in [-0.2, -0.15) is 0 Å². The first-order chi connectivity index (χ1) is 9.65. The van der Waals surface area contributed by atoms with Crippen molar-refractivity contribution in [1.82, 2.24) is 0 Å². The largest absolute Gasteiger partial charge is 0.326 e. The molecule has 0 bridgehead atoms. The van der Waals surface area contributed by atoms with Crippen molar-refractivity contribution < 1.29 is 14.4 Å². The number of hydrogen-bond acceptors (Lipinski definition) is 3. The molecule has 1 N–H and O–H groups in total. The first-order valence-corrected chi connectivity index (χ1v) is 6.22. The molecule has 1 amide bonds. The lowest BCUT2D eigenvalue weighted by atomic mass is 9.99. The molecule has 2 aromatic carbocycles. The van der Waals surface area contributed by atoms with Crippen molar-refractivity contribution in [2.45, 2.75) is 6.42 Å². The van der Waals surface area contributed by atoms with Gasteiger partial charge in [0.2, 0.25) is 17.5 Å². The summed E-state index contributed by atoms with van der Waals surface area (Å²) in [7, 11) is 0. The average molecular weight is 265 g/mol. The van der Waals surface area contributed by atoms with Crippen molar-refractivity contribution in [1.29, 1.82) is 0 Å². The van der Waals surface area contributed by atoms with E-state index < -0.39 is 11.6 Å². The molecule has 1 aliphatic rings. The quantitative estimate of drug-likeness (QED) is 0.683. The highest BCUT2D eigenvalue weighted by Crippen LogP contribution is 2.24. The zero-order valence-corrected chi connectivity index (χ0v) is 10.6. The Balaban J connectivity index is 1.91. The van der Waals surface area contributed by atoms with E-state index in [2.05, 4.69) is 5.32 Å². The van der Waals surface area contributed by atoms with Crippen LogP contribution in [0, 0.1) is 0 Å². The van der Waals surface area contributed by atoms with Crippen LogP contribution in [0.15, 0.2) is 48.5 Å². The smallest absolute Gasteiger partial charge is 0.233 e. The standard InChI is InChI=1S/C16H11NO3/c18-14-9-12-8-11(6-7-13(12)17-14)16(20)15(19)10-4-2-1-3-5-10/h1-8H,9H2,(H,17,18). The summed E-state index contributed by atoms with van der Waals surface area (Å²) in [6.45, 7) is 0. The van der Waals surface area contributed by atoms with Crippen molar-refractivity contribution in [3.05, 3.63) is 65.2 Å². The van der Waals surface area contributed by atoms with E-state index in [4.69, 9.17) is 0 Å². The molecule has 20 heavy (non-hydrogen) atoms. The molecule has 0 saturated heterocycles. The van der Waals surface area contributed by atoms with Crippen molar-refractivity contribution in [3.63, 3.8) is 0 Å². The molecular formula is C16H11NO3. The fraction of sp³-hybridized carbons (Fsp3) is 0.0625. The van der Waals surface area contributed by atoms with Gasteiger partial charge in [0.05, 0.1) is 6.42 Å². The van der Waals surface area contributed by atoms with Crippen LogP contribution in [0.5, 0.6) is 0 Å². The maximum Gasteiger partial charge on any atom is 0.233 e. The molecule has 0 fully saturated rings. The number of amides is 1. The van der Waals surface area contributed by atoms with Crippen LogP contribution < -0.4 is 5.32 Å². The summed E-state index contributed by atoms with van der Waals surface area (Å²) in [6, 6.07) is 13.3. The molecule has 1 heterocycles. The minimum Gasteiger partial charge on any atom is -0.326 e. The van der Waals surface area contributed by atoms with E-state index in [-0.39, 0.29) is 12.3 Å². The van der Waals surface area contributed by atoms with Gasteiger partial charge >= 0.3 is 0 Å². The van der Waals surface area contributed by atoms with Crippen LogP contribution >= 0.6 is 0 Å². The SMILES string of the molecule is O=C1Cc2cc(C(=O)C(=O)c3ccccc3)ccc2N1. The van der Waals surface area contributed by atoms with Gasteiger partial charge in [-0.05, 0) is 23.8 Å². The van der Waals surface area contributed by atoms with Gasteiger partial charge in [-0.15, -0.1) is 0 Å². The highest BCUT2D eigenvalue weighted by atomic mass is 16.2. The summed E-state index contributed by atoms with van der Waals surface area (Å²) in [4.78, 5) is 35.5. The van der Waals surface area contributed by atoms with Gasteiger partial charge < -0.3 is 5.32 Å². The highest BCUT2D eigenvalue weighted by molar-refractivity contribution is 6.49. The number of ketones is 2. The third-order valence-electron chi connectivity index (χ3n) is 3.23. The van der Waals surface area contributed by atoms with E-state index in [1.807, 2.05) is 0 Å². The number of carbonyl (C=O) groups is 3. The van der Waals surface area contributed by atoms with Gasteiger partial charge in [-0.3, -0.25) is 14.4 Å². The summed E-state index contributed by atoms with van der Waals surface area (Å²) in [5.74, 6) is -1.19. The molecule has 0 aromatic heterocycles. The zero-order valence-electron chi connectivity index (χ0n) is 10.6. The van der Waals surface area contributed by atoms with Crippen LogP contribution in [0.3, 0.4) is 0 Å². The van der Waals surface area contributed by atoms with Gasteiger partial charge in [0, 0.05) is 16.8 Å². The predicted octanol–water partition coefficient (Wildman–Crippen LogP) is 2.25. The predicted molar refractivity (Wildman–Crippen MR) is 73.9 cm³/mol. The number of Topliss-reactive ketones (excluding diaryl/α,β-unsaturated/α-hetero) is 2. The third kappa shape index (κ3) is 2.12. The number of carbonyl (C=O) groups excluding carboxylic acids is 3. The second kappa shape index (κ2) is 4.74. The number of hydrogen-bond donors (Lipinski definition) is 1. The molecule has 1 aliphatic heterocycles. The monoisotopic (exact) mass is 265 g/mol. The zero-order chi connectivity index (χ0) is 14.1. The van der Waals surface area contributed by atoms with E-state index in [0.717, 1.165) is 5.56 Å². The van der Waals surface area contributed by atoms with Crippen LogP contribution in [0.2, 0.25) is 0 Å². The van der Waals surface area contributed by atoms with Crippen LogP contribution in [-0.2, 0) is 11.2 Å². The number of nitrogens with one attached hydrogen (secondary N) is 1. The first kappa shape index (κ1) is 12.3. The molecular weight excluding hydrogens is 254 g/mol. The Morgan fingerprint density at radius 2 is 1.60 bits per heavy atom. The molecule has 4 nitrogen and oxygen atoms in total. The van der Waals surface area contributed by atoms with E-state index in [0.29, 0.717) is 16.8 Å². The Morgan fingerprint density at radius 1 is 0.900 bits per heavy atom. The second-order valence-corrected chi connectivity index (χ2v) is 4.62. The van der Waals surface area contributed by atoms with Gasteiger partial charge in [-0.25, -0.2) is 0 Å². The lowest BCUT2D eigenvalue weighted by molar-refractivity contribution is -0.115. The van der Waals surface area contributed by atoms with Crippen LogP contribution in [-0.4, -0.2) is 17.5 Å². The molecule has 0 saturated carbocycles. The Morgan fingerprint density at radius 3 is 2.35 bits per heavy atom. The lowest BCUT2D eigenvalue weighted by Gasteiger charge is -2.03. The van der Waals surface area contributed by atoms with Crippen LogP contribution in [0.1, 0.15) is 26.3 Å². The molecule has 0 radical (unpaired) electrons. The normalized spacial score (nSPS) is 12.7. The van der Waals surface area contributed by atoms with E-state index >= 15 is 0 Å². The molecule has 2 aromatic rings. The summed E-state index contributed by atoms with van der Waals surface area (Å²) in [5.41, 5.74) is 2.14. The minimum absolute atomic E-state index is 0.0982. The maximum atomic E-state index is 12.2. The number of anilines is 1. The molecule has 0 atom stereocenters. The Kier molecular flexibility index (Phi) is 2.91. The number of fused-ring (bicyclic) bond motifs is 1. The first-order valence-electron chi connectivity index (χ1n) is 6.22. The maximum absolute atomic E-state index is 12.2. The van der Waals surface area contributed by atoms with Crippen molar-refractivity contribution >= 4 is 23.2 Å². The van der Waals surface area contributed by atoms with Gasteiger partial charge in [0.25, 0.3) is 0 Å². The molecule has 0 aliphatic carbocycles. The minimum atomic E-state index is -0.557. The van der Waals surface area contributed by atoms with Crippen LogP contribution in [0.25, 0.3) is 0 Å². The average Bonchev–Trinajstić information content (AvgIpc) is 2.85. The van der Waals surface area contributed by atoms with E-state index in [1.54, 1.807) is 48.5 Å². The van der Waals surface area contributed by atoms with Gasteiger partial charge in [0.1, 0.15) is 0 Å².